The molecule has 6 N–H and O–H groups in total. The van der Waals surface area contributed by atoms with Gasteiger partial charge in [-0.05, 0) is 12.8 Å². The van der Waals surface area contributed by atoms with Crippen LogP contribution >= 0.6 is 0 Å². The van der Waals surface area contributed by atoms with Gasteiger partial charge in [0.15, 0.2) is 0 Å². The van der Waals surface area contributed by atoms with Crippen molar-refractivity contribution >= 4 is 17.8 Å². The van der Waals surface area contributed by atoms with Crippen molar-refractivity contribution in [2.24, 2.45) is 0 Å². The van der Waals surface area contributed by atoms with Crippen molar-refractivity contribution in [2.45, 2.75) is 39.5 Å². The Bertz CT molecular complexity index is 451. The number of rotatable bonds is 15. The van der Waals surface area contributed by atoms with Crippen LogP contribution in [0.2, 0.25) is 0 Å². The molecule has 0 radical (unpaired) electrons. The zero-order chi connectivity index (χ0) is 22.8. The average Bonchev–Trinajstić information content (AvgIpc) is 2.77. The molecule has 1 heterocycles. The summed E-state index contributed by atoms with van der Waals surface area (Å²) < 4.78 is 5.31. The van der Waals surface area contributed by atoms with E-state index in [0.717, 1.165) is 27.9 Å². The smallest absolute Gasteiger partial charge is 0.235 e. The van der Waals surface area contributed by atoms with Gasteiger partial charge >= 0.3 is 0 Å². The predicted octanol–water partition coefficient (Wildman–Crippen LogP) is -1.41. The molecule has 1 aromatic heterocycles. The number of hydrogen-bond donors (Lipinski definition) is 6. The van der Waals surface area contributed by atoms with Crippen LogP contribution in [-0.2, 0) is 4.74 Å². The number of unbranched alkanes of at least 4 members (excludes halogenated alkanes) is 2. The van der Waals surface area contributed by atoms with Gasteiger partial charge in [0.2, 0.25) is 17.8 Å². The number of hydrogen-bond acceptors (Lipinski definition) is 13. The maximum Gasteiger partial charge on any atom is 0.235 e. The molecule has 0 fully saturated rings. The summed E-state index contributed by atoms with van der Waals surface area (Å²) in [5.74, 6) is -0.503. The highest BCUT2D eigenvalue weighted by atomic mass is 16.5. The molecule has 0 bridgehead atoms. The second kappa shape index (κ2) is 17.9. The van der Waals surface area contributed by atoms with E-state index in [1.807, 2.05) is 0 Å². The summed E-state index contributed by atoms with van der Waals surface area (Å²) >= 11 is 0. The third-order valence-corrected chi connectivity index (χ3v) is 3.76. The lowest BCUT2D eigenvalue weighted by atomic mass is 10.3. The highest BCUT2D eigenvalue weighted by Gasteiger charge is 2.18. The molecule has 0 saturated carbocycles. The Hall–Kier alpha value is -1.87. The number of aromatic nitrogens is 3. The van der Waals surface area contributed by atoms with Crippen LogP contribution in [0.5, 0.6) is 0 Å². The molecule has 0 amide bonds. The fraction of sp³-hybridized carbons (Fsp3) is 0.824. The lowest BCUT2D eigenvalue weighted by Crippen LogP contribution is -2.34. The monoisotopic (exact) mass is 436 g/mol. The Balaban J connectivity index is 0.000000787. The van der Waals surface area contributed by atoms with E-state index in [2.05, 4.69) is 28.8 Å². The van der Waals surface area contributed by atoms with Crippen LogP contribution in [0.1, 0.15) is 39.5 Å². The zero-order valence-electron chi connectivity index (χ0n) is 17.8. The normalized spacial score (nSPS) is 10.4. The summed E-state index contributed by atoms with van der Waals surface area (Å²) in [6.07, 6.45) is 4.91. The van der Waals surface area contributed by atoms with Crippen LogP contribution < -0.4 is 14.7 Å². The molecule has 13 heteroatoms. The van der Waals surface area contributed by atoms with E-state index in [1.54, 1.807) is 0 Å². The van der Waals surface area contributed by atoms with Gasteiger partial charge in [0.25, 0.3) is 0 Å². The molecule has 0 aliphatic rings. The summed E-state index contributed by atoms with van der Waals surface area (Å²) in [5.41, 5.74) is 0. The largest absolute Gasteiger partial charge is 0.381 e. The van der Waals surface area contributed by atoms with E-state index in [0.29, 0.717) is 0 Å². The first kappa shape index (κ1) is 28.1. The summed E-state index contributed by atoms with van der Waals surface area (Å²) in [6, 6.07) is 0. The second-order valence-electron chi connectivity index (χ2n) is 6.02. The highest BCUT2D eigenvalue weighted by Crippen LogP contribution is 2.18. The molecule has 1 rings (SSSR count). The quantitative estimate of drug-likeness (QED) is 0.140. The van der Waals surface area contributed by atoms with Gasteiger partial charge < -0.3 is 35.4 Å². The molecule has 0 spiro atoms. The molecule has 0 aromatic carbocycles. The SMILES string of the molecule is CCCCOCCCC.OCN(CO)c1nc(N(CO)CO)nc(N(CO)CO)n1. The number of nitrogens with zero attached hydrogens (tertiary/aromatic N) is 6. The third kappa shape index (κ3) is 10.2. The van der Waals surface area contributed by atoms with Crippen molar-refractivity contribution in [3.63, 3.8) is 0 Å². The van der Waals surface area contributed by atoms with Crippen LogP contribution in [-0.4, -0.2) is 99.2 Å². The standard InChI is InChI=1S/C9H18N6O6.C8H18O/c16-1-13(2-17)7-10-8(14(3-18)4-19)12-9(11-7)15(5-20)6-21;1-3-5-7-9-8-6-4-2/h16-21H,1-6H2;3-8H2,1-2H3. The van der Waals surface area contributed by atoms with Crippen molar-refractivity contribution in [3.8, 4) is 0 Å². The summed E-state index contributed by atoms with van der Waals surface area (Å²) in [7, 11) is 0. The van der Waals surface area contributed by atoms with Crippen molar-refractivity contribution in [1.82, 2.24) is 15.0 Å². The van der Waals surface area contributed by atoms with Gasteiger partial charge in [-0.25, -0.2) is 0 Å². The molecule has 0 atom stereocenters. The molecule has 30 heavy (non-hydrogen) atoms. The first-order chi connectivity index (χ1) is 14.6. The molecule has 0 unspecified atom stereocenters. The van der Waals surface area contributed by atoms with Crippen LogP contribution in [0.4, 0.5) is 17.8 Å². The molecule has 0 aliphatic heterocycles. The first-order valence-electron chi connectivity index (χ1n) is 9.80. The van der Waals surface area contributed by atoms with Gasteiger partial charge in [-0.1, -0.05) is 26.7 Å². The summed E-state index contributed by atoms with van der Waals surface area (Å²) in [6.45, 7) is 2.67. The lowest BCUT2D eigenvalue weighted by molar-refractivity contribution is 0.128. The molecular weight excluding hydrogens is 400 g/mol. The Morgan fingerprint density at radius 3 is 1.03 bits per heavy atom. The Morgan fingerprint density at radius 1 is 0.567 bits per heavy atom. The van der Waals surface area contributed by atoms with E-state index < -0.39 is 40.4 Å². The summed E-state index contributed by atoms with van der Waals surface area (Å²) in [4.78, 5) is 14.5. The lowest BCUT2D eigenvalue weighted by Gasteiger charge is -2.24. The maximum atomic E-state index is 9.11. The average molecular weight is 437 g/mol. The van der Waals surface area contributed by atoms with Crippen LogP contribution in [0.15, 0.2) is 0 Å². The molecule has 0 aliphatic carbocycles. The van der Waals surface area contributed by atoms with Crippen LogP contribution in [0.25, 0.3) is 0 Å². The Kier molecular flexibility index (Phi) is 16.8. The zero-order valence-corrected chi connectivity index (χ0v) is 17.8. The van der Waals surface area contributed by atoms with Crippen molar-refractivity contribution in [2.75, 3.05) is 68.3 Å². The Labute approximate surface area is 176 Å². The minimum atomic E-state index is -0.601. The van der Waals surface area contributed by atoms with Gasteiger partial charge in [0.1, 0.15) is 40.4 Å². The summed E-state index contributed by atoms with van der Waals surface area (Å²) in [5, 5.41) is 54.6. The first-order valence-corrected chi connectivity index (χ1v) is 9.80. The Morgan fingerprint density at radius 2 is 0.833 bits per heavy atom. The molecule has 176 valence electrons. The predicted molar refractivity (Wildman–Crippen MR) is 110 cm³/mol. The van der Waals surface area contributed by atoms with E-state index in [4.69, 9.17) is 35.4 Å². The van der Waals surface area contributed by atoms with Gasteiger partial charge in [-0.3, -0.25) is 14.7 Å². The van der Waals surface area contributed by atoms with E-state index >= 15 is 0 Å². The molecule has 13 nitrogen and oxygen atoms in total. The number of anilines is 3. The minimum absolute atomic E-state index is 0.168. The minimum Gasteiger partial charge on any atom is -0.381 e. The van der Waals surface area contributed by atoms with Crippen molar-refractivity contribution in [3.05, 3.63) is 0 Å². The number of aliphatic hydroxyl groups excluding tert-OH is 6. The topological polar surface area (TPSA) is 179 Å². The van der Waals surface area contributed by atoms with Gasteiger partial charge in [-0.15, -0.1) is 0 Å². The second-order valence-corrected chi connectivity index (χ2v) is 6.02. The van der Waals surface area contributed by atoms with E-state index in [9.17, 15) is 0 Å². The van der Waals surface area contributed by atoms with Crippen LogP contribution in [0.3, 0.4) is 0 Å². The van der Waals surface area contributed by atoms with Crippen LogP contribution in [0, 0.1) is 0 Å². The number of aliphatic hydroxyl groups is 6. The van der Waals surface area contributed by atoms with Gasteiger partial charge in [-0.2, -0.15) is 15.0 Å². The van der Waals surface area contributed by atoms with E-state index in [-0.39, 0.29) is 17.8 Å². The third-order valence-electron chi connectivity index (χ3n) is 3.76. The fourth-order valence-corrected chi connectivity index (χ4v) is 1.88. The molecule has 1 aromatic rings. The maximum absolute atomic E-state index is 9.11. The van der Waals surface area contributed by atoms with Crippen molar-refractivity contribution < 1.29 is 35.4 Å². The molecule has 0 saturated heterocycles. The van der Waals surface area contributed by atoms with Gasteiger partial charge in [0, 0.05) is 13.2 Å². The number of ether oxygens (including phenoxy) is 1. The fourth-order valence-electron chi connectivity index (χ4n) is 1.88. The van der Waals surface area contributed by atoms with Crippen molar-refractivity contribution in [1.29, 1.82) is 0 Å². The van der Waals surface area contributed by atoms with Gasteiger partial charge in [0.05, 0.1) is 0 Å². The highest BCUT2D eigenvalue weighted by molar-refractivity contribution is 5.45. The molecular formula is C17H36N6O7. The van der Waals surface area contributed by atoms with E-state index in [1.165, 1.54) is 25.7 Å².